The van der Waals surface area contributed by atoms with E-state index in [0.717, 1.165) is 22.3 Å². The molecule has 30 heteroatoms. The monoisotopic (exact) mass is 1470 g/mol. The Kier molecular flexibility index (Phi) is 27.4. The highest BCUT2D eigenvalue weighted by atomic mass is 35.5. The number of alkyl carbamates (subject to hydrolysis) is 2. The molecule has 8 rings (SSSR count). The van der Waals surface area contributed by atoms with Crippen LogP contribution in [0, 0.1) is 11.8 Å². The molecule has 6 aliphatic heterocycles. The predicted octanol–water partition coefficient (Wildman–Crippen LogP) is 6.96. The molecule has 0 spiro atoms. The Morgan fingerprint density at radius 3 is 1.40 bits per heavy atom. The smallest absolute Gasteiger partial charge is 0.409 e. The summed E-state index contributed by atoms with van der Waals surface area (Å²) in [6.07, 6.45) is 2.24. The molecule has 8 bridgehead atoms. The van der Waals surface area contributed by atoms with Gasteiger partial charge in [-0.1, -0.05) is 84.7 Å². The number of aliphatic hydroxyl groups is 2. The first-order valence-electron chi connectivity index (χ1n) is 33.4. The molecule has 2 aromatic rings. The maximum atomic E-state index is 14.1. The lowest BCUT2D eigenvalue weighted by atomic mass is 9.83. The number of benzene rings is 2. The van der Waals surface area contributed by atoms with Crippen molar-refractivity contribution in [3.8, 4) is 11.5 Å². The summed E-state index contributed by atoms with van der Waals surface area (Å²) < 4.78 is 58.2. The predicted molar refractivity (Wildman–Crippen MR) is 379 cm³/mol. The van der Waals surface area contributed by atoms with Gasteiger partial charge in [0.2, 0.25) is 23.6 Å². The molecular weight excluding hydrogens is 1370 g/mol. The fraction of sp³-hybridized carbons (Fsp3) is 0.606. The number of ether oxygens (including phenoxy) is 10. The van der Waals surface area contributed by atoms with Gasteiger partial charge in [0, 0.05) is 86.5 Å². The molecule has 2 aromatic carbocycles. The number of halogens is 2. The molecule has 0 aromatic heterocycles. The lowest BCUT2D eigenvalue weighted by molar-refractivity contribution is -0.162. The van der Waals surface area contributed by atoms with Gasteiger partial charge >= 0.3 is 24.1 Å². The largest absolute Gasteiger partial charge is 0.495 e. The fourth-order valence-electron chi connectivity index (χ4n) is 13.1. The van der Waals surface area contributed by atoms with Gasteiger partial charge in [0.05, 0.1) is 50.6 Å². The van der Waals surface area contributed by atoms with Crippen LogP contribution in [0.2, 0.25) is 10.0 Å². The summed E-state index contributed by atoms with van der Waals surface area (Å²) in [5.41, 5.74) is -1.80. The summed E-state index contributed by atoms with van der Waals surface area (Å²) in [6.45, 7) is 14.4. The summed E-state index contributed by atoms with van der Waals surface area (Å²) in [7, 11) is 13.7. The number of likely N-dealkylation sites (N-methyl/N-ethyl adjacent to an activating group) is 2. The highest BCUT2D eigenvalue weighted by Gasteiger charge is 2.66. The van der Waals surface area contributed by atoms with Gasteiger partial charge in [0.15, 0.2) is 11.4 Å². The Labute approximate surface area is 606 Å². The van der Waals surface area contributed by atoms with Crippen molar-refractivity contribution in [2.45, 2.75) is 190 Å². The van der Waals surface area contributed by atoms with Crippen LogP contribution in [0.4, 0.5) is 21.0 Å². The maximum absolute atomic E-state index is 14.1. The van der Waals surface area contributed by atoms with E-state index in [1.54, 1.807) is 104 Å². The summed E-state index contributed by atoms with van der Waals surface area (Å²) in [5, 5.41) is 31.8. The minimum Gasteiger partial charge on any atom is -0.495 e. The first-order chi connectivity index (χ1) is 47.5. The number of hydrogen-bond donors (Lipinski definition) is 6. The van der Waals surface area contributed by atoms with Crippen LogP contribution in [0.5, 0.6) is 11.5 Å². The van der Waals surface area contributed by atoms with E-state index in [2.05, 4.69) is 28.6 Å². The van der Waals surface area contributed by atoms with Crippen LogP contribution < -0.4 is 35.2 Å². The van der Waals surface area contributed by atoms with Gasteiger partial charge in [0.1, 0.15) is 81.5 Å². The van der Waals surface area contributed by atoms with Crippen molar-refractivity contribution in [1.82, 2.24) is 25.8 Å². The maximum Gasteiger partial charge on any atom is 0.409 e. The van der Waals surface area contributed by atoms with E-state index >= 15 is 0 Å². The van der Waals surface area contributed by atoms with Crippen LogP contribution >= 0.6 is 35.8 Å². The molecule has 27 nitrogen and oxygen atoms in total. The third kappa shape index (κ3) is 18.9. The number of allylic oxidation sites excluding steroid dienone is 6. The SMILES string of the molecule is CNCCC(=O)N(C)[C@@H](C)C(=O)O[C@H]1CC(=O)N(C)c2cc(cc(OC)c2Cl)C/C(C)=C/C=C/[C@@H](OC)[C@@]2(O)C[C@H](OC(=O)N2)[C@@H](C)[C@@H]2O[C@@]12C.COc1cc2cc(c1Cl)N(C)C(=O)C[C@H](OC(=O)[C@H](C)N(C)C(=O)CCS)[C@]1(C)O[C@H]1[C@H](C)[C@@H]1C[C@@](O)(NC(=O)O1)[C@H](OC)/C=C/C=C(\C)C2. The quantitative estimate of drug-likeness (QED) is 0.0454. The Morgan fingerprint density at radius 1 is 0.673 bits per heavy atom. The first-order valence-corrected chi connectivity index (χ1v) is 34.8. The van der Waals surface area contributed by atoms with Crippen molar-refractivity contribution in [2.75, 3.05) is 85.8 Å². The average molecular weight is 1470 g/mol. The standard InChI is InChI=1S/C36H51ClN4O10.C35H48ClN3O10S/c1-20-11-10-12-27(48-9)36(46)19-26(49-34(45)39-36)21(2)32-35(4,51-32)28(50-33(44)22(3)40(6)29(42)13-14-38-5)18-30(43)41(7)24-16-23(15-20)17-25(47-8)31(24)37;1-19-10-9-11-26(46-8)35(44)18-25(47-33(43)37-35)20(2)31-34(4,49-31)27(48-32(42)21(3)38(5)28(40)12-13-50)17-29(41)39(6)23-15-22(14-19)16-24(45-7)30(23)36/h10-12,16-17,21-22,26-28,32,38,46H,13-15,18-19H2,1-9H3,(H,39,45);9-11,15-16,20-21,25-27,31,44,50H,12-14,17-18H2,1-8H3,(H,37,43)/b12-10+,20-11+;11-9+,19-10+/t21-,22+,26+,27-,28+,32+,35+,36+;20-,21+,25+,26-,27+,31+,34+,35+/m11/s1. The zero-order valence-electron chi connectivity index (χ0n) is 60.5. The number of carbonyl (C=O) groups excluding carboxylic acids is 8. The number of nitrogens with zero attached hydrogens (tertiary/aromatic N) is 4. The fourth-order valence-corrected chi connectivity index (χ4v) is 13.9. The highest BCUT2D eigenvalue weighted by Crippen LogP contribution is 2.51. The summed E-state index contributed by atoms with van der Waals surface area (Å²) in [4.78, 5) is 112. The van der Waals surface area contributed by atoms with E-state index in [-0.39, 0.29) is 60.4 Å². The third-order valence-corrected chi connectivity index (χ3v) is 20.9. The van der Waals surface area contributed by atoms with E-state index in [4.69, 9.17) is 70.6 Å². The molecular formula is C71H99Cl2N7O20S. The second-order valence-corrected chi connectivity index (χ2v) is 28.3. The van der Waals surface area contributed by atoms with E-state index in [1.165, 1.54) is 69.1 Å². The number of epoxide rings is 2. The van der Waals surface area contributed by atoms with Crippen LogP contribution in [0.1, 0.15) is 105 Å². The van der Waals surface area contributed by atoms with Crippen molar-refractivity contribution in [2.24, 2.45) is 11.8 Å². The molecule has 0 saturated carbocycles. The van der Waals surface area contributed by atoms with Crippen LogP contribution in [0.15, 0.2) is 71.9 Å². The molecule has 4 fully saturated rings. The van der Waals surface area contributed by atoms with Crippen molar-refractivity contribution in [3.05, 3.63) is 93.0 Å². The Morgan fingerprint density at radius 2 is 1.05 bits per heavy atom. The summed E-state index contributed by atoms with van der Waals surface area (Å²) >= 11 is 17.6. The van der Waals surface area contributed by atoms with Crippen molar-refractivity contribution >= 4 is 95.0 Å². The van der Waals surface area contributed by atoms with Crippen LogP contribution in [-0.4, -0.2) is 227 Å². The van der Waals surface area contributed by atoms with Gasteiger partial charge in [-0.15, -0.1) is 0 Å². The van der Waals surface area contributed by atoms with Gasteiger partial charge in [0.25, 0.3) is 0 Å². The van der Waals surface area contributed by atoms with Crippen molar-refractivity contribution < 1.29 is 95.9 Å². The minimum absolute atomic E-state index is 0.0474. The minimum atomic E-state index is -1.82. The summed E-state index contributed by atoms with van der Waals surface area (Å²) in [5.74, 6) is -2.87. The van der Waals surface area contributed by atoms with E-state index in [9.17, 15) is 48.6 Å². The molecule has 4 saturated heterocycles. The molecule has 5 N–H and O–H groups in total. The normalized spacial score (nSPS) is 32.1. The number of hydrogen-bond acceptors (Lipinski definition) is 22. The number of rotatable bonds is 15. The summed E-state index contributed by atoms with van der Waals surface area (Å²) in [6, 6.07) is 5.22. The molecule has 0 radical (unpaired) electrons. The van der Waals surface area contributed by atoms with Gasteiger partial charge < -0.3 is 82.5 Å². The number of methoxy groups -OCH3 is 4. The topological polar surface area (TPSA) is 325 Å². The second kappa shape index (κ2) is 34.1. The van der Waals surface area contributed by atoms with Crippen LogP contribution in [0.25, 0.3) is 0 Å². The van der Waals surface area contributed by atoms with Gasteiger partial charge in [-0.2, -0.15) is 12.6 Å². The Balaban J connectivity index is 0.000000283. The molecule has 6 amide bonds. The van der Waals surface area contributed by atoms with E-state index in [0.29, 0.717) is 48.0 Å². The average Bonchev–Trinajstić information content (AvgIpc) is 1.58. The number of amides is 6. The molecule has 101 heavy (non-hydrogen) atoms. The number of carbonyl (C=O) groups is 8. The lowest BCUT2D eigenvalue weighted by Crippen LogP contribution is -2.63. The number of thiol groups is 1. The number of nitrogens with one attached hydrogen (secondary N) is 3. The van der Waals surface area contributed by atoms with Crippen molar-refractivity contribution in [3.63, 3.8) is 0 Å². The zero-order valence-corrected chi connectivity index (χ0v) is 62.9. The van der Waals surface area contributed by atoms with Crippen LogP contribution in [0.3, 0.4) is 0 Å². The molecule has 0 aliphatic carbocycles. The zero-order chi connectivity index (χ0) is 75.0. The molecule has 6 aliphatic rings. The highest BCUT2D eigenvalue weighted by molar-refractivity contribution is 7.80. The Bertz CT molecular complexity index is 3540. The van der Waals surface area contributed by atoms with Gasteiger partial charge in [-0.25, -0.2) is 19.2 Å². The molecule has 0 unspecified atom stereocenters. The van der Waals surface area contributed by atoms with E-state index in [1.807, 2.05) is 26.0 Å². The van der Waals surface area contributed by atoms with Crippen LogP contribution in [-0.2, 0) is 79.5 Å². The molecule has 558 valence electrons. The Hall–Kier alpha value is -6.99. The third-order valence-electron chi connectivity index (χ3n) is 20.0. The van der Waals surface area contributed by atoms with E-state index < -0.39 is 131 Å². The number of fused-ring (bicyclic) bond motifs is 10. The van der Waals surface area contributed by atoms with Gasteiger partial charge in [-0.05, 0) is 103 Å². The van der Waals surface area contributed by atoms with Gasteiger partial charge in [-0.3, -0.25) is 29.8 Å². The second-order valence-electron chi connectivity index (χ2n) is 27.1. The van der Waals surface area contributed by atoms with Crippen molar-refractivity contribution in [1.29, 1.82) is 0 Å². The number of anilines is 2. The lowest BCUT2D eigenvalue weighted by Gasteiger charge is -2.42. The molecule has 16 atom stereocenters. The molecule has 6 heterocycles. The first kappa shape index (κ1) is 81.3. The number of esters is 2.